The summed E-state index contributed by atoms with van der Waals surface area (Å²) in [5.74, 6) is 0.771. The first-order valence-electron chi connectivity index (χ1n) is 6.80. The summed E-state index contributed by atoms with van der Waals surface area (Å²) in [6.07, 6.45) is 8.66. The molecule has 0 fully saturated rings. The second-order valence-electron chi connectivity index (χ2n) is 4.93. The molecule has 0 aliphatic carbocycles. The molecule has 1 heteroatoms. The van der Waals surface area contributed by atoms with Crippen LogP contribution in [0.25, 0.3) is 0 Å². The van der Waals surface area contributed by atoms with Gasteiger partial charge < -0.3 is 4.57 Å². The third-order valence-corrected chi connectivity index (χ3v) is 3.57. The lowest BCUT2D eigenvalue weighted by Gasteiger charge is -2.17. The lowest BCUT2D eigenvalue weighted by molar-refractivity contribution is 0.583. The second kappa shape index (κ2) is 6.12. The molecule has 0 bridgehead atoms. The molecular formula is C15H27N. The Hall–Kier alpha value is -0.720. The molecule has 1 nitrogen and oxygen atoms in total. The van der Waals surface area contributed by atoms with Crippen molar-refractivity contribution in [2.45, 2.75) is 65.7 Å². The van der Waals surface area contributed by atoms with Crippen LogP contribution in [-0.4, -0.2) is 4.57 Å². The summed E-state index contributed by atoms with van der Waals surface area (Å²) in [5, 5.41) is 0. The summed E-state index contributed by atoms with van der Waals surface area (Å²) < 4.78 is 2.34. The molecule has 0 radical (unpaired) electrons. The van der Waals surface area contributed by atoms with E-state index < -0.39 is 0 Å². The molecule has 16 heavy (non-hydrogen) atoms. The van der Waals surface area contributed by atoms with Gasteiger partial charge >= 0.3 is 0 Å². The third-order valence-electron chi connectivity index (χ3n) is 3.57. The molecule has 0 aliphatic heterocycles. The van der Waals surface area contributed by atoms with Gasteiger partial charge in [-0.05, 0) is 43.2 Å². The van der Waals surface area contributed by atoms with Gasteiger partial charge in [-0.1, -0.05) is 33.6 Å². The molecule has 92 valence electrons. The highest BCUT2D eigenvalue weighted by Crippen LogP contribution is 2.32. The van der Waals surface area contributed by atoms with Gasteiger partial charge in [0.1, 0.15) is 0 Å². The Kier molecular flexibility index (Phi) is 5.11. The summed E-state index contributed by atoms with van der Waals surface area (Å²) >= 11 is 0. The normalized spacial score (nSPS) is 13.1. The smallest absolute Gasteiger partial charge is 0.0209 e. The van der Waals surface area contributed by atoms with Gasteiger partial charge in [0.05, 0.1) is 0 Å². The quantitative estimate of drug-likeness (QED) is 0.662. The van der Waals surface area contributed by atoms with Gasteiger partial charge in [0.25, 0.3) is 0 Å². The summed E-state index contributed by atoms with van der Waals surface area (Å²) in [6, 6.07) is 0. The van der Waals surface area contributed by atoms with Crippen LogP contribution >= 0.6 is 0 Å². The van der Waals surface area contributed by atoms with E-state index in [0.29, 0.717) is 0 Å². The monoisotopic (exact) mass is 221 g/mol. The summed E-state index contributed by atoms with van der Waals surface area (Å²) in [4.78, 5) is 0. The predicted molar refractivity (Wildman–Crippen MR) is 72.1 cm³/mol. The molecule has 1 aromatic heterocycles. The van der Waals surface area contributed by atoms with Crippen molar-refractivity contribution in [3.63, 3.8) is 0 Å². The number of aromatic nitrogens is 1. The fourth-order valence-corrected chi connectivity index (χ4v) is 2.86. The molecule has 0 saturated carbocycles. The Labute approximate surface area is 101 Å². The Morgan fingerprint density at radius 3 is 2.38 bits per heavy atom. The first kappa shape index (κ1) is 13.3. The molecule has 0 saturated heterocycles. The minimum atomic E-state index is 0.771. The van der Waals surface area contributed by atoms with Crippen molar-refractivity contribution in [3.05, 3.63) is 23.0 Å². The number of rotatable bonds is 6. The van der Waals surface area contributed by atoms with Gasteiger partial charge in [-0.25, -0.2) is 0 Å². The molecule has 0 N–H and O–H groups in total. The SMILES string of the molecule is CCCc1c(C(CC)CCC)c(C)cn1C. The van der Waals surface area contributed by atoms with Gasteiger partial charge in [-0.15, -0.1) is 0 Å². The maximum atomic E-state index is 2.34. The molecule has 1 unspecified atom stereocenters. The van der Waals surface area contributed by atoms with Crippen molar-refractivity contribution in [2.75, 3.05) is 0 Å². The highest BCUT2D eigenvalue weighted by Gasteiger charge is 2.18. The van der Waals surface area contributed by atoms with E-state index in [1.54, 1.807) is 11.3 Å². The lowest BCUT2D eigenvalue weighted by atomic mass is 9.89. The fourth-order valence-electron chi connectivity index (χ4n) is 2.86. The van der Waals surface area contributed by atoms with Crippen molar-refractivity contribution in [1.82, 2.24) is 4.57 Å². The van der Waals surface area contributed by atoms with E-state index in [4.69, 9.17) is 0 Å². The lowest BCUT2D eigenvalue weighted by Crippen LogP contribution is -2.04. The molecular weight excluding hydrogens is 194 g/mol. The van der Waals surface area contributed by atoms with Crippen LogP contribution < -0.4 is 0 Å². The van der Waals surface area contributed by atoms with Crippen LogP contribution in [0.5, 0.6) is 0 Å². The van der Waals surface area contributed by atoms with Crippen LogP contribution in [0.15, 0.2) is 6.20 Å². The van der Waals surface area contributed by atoms with Crippen LogP contribution in [0.4, 0.5) is 0 Å². The summed E-state index contributed by atoms with van der Waals surface area (Å²) in [5.41, 5.74) is 4.71. The fraction of sp³-hybridized carbons (Fsp3) is 0.733. The Morgan fingerprint density at radius 2 is 1.88 bits per heavy atom. The Bertz CT molecular complexity index is 322. The van der Waals surface area contributed by atoms with E-state index in [9.17, 15) is 0 Å². The van der Waals surface area contributed by atoms with Gasteiger partial charge in [0.2, 0.25) is 0 Å². The van der Waals surface area contributed by atoms with Gasteiger partial charge in [0.15, 0.2) is 0 Å². The Morgan fingerprint density at radius 1 is 1.19 bits per heavy atom. The van der Waals surface area contributed by atoms with Crippen LogP contribution in [0.3, 0.4) is 0 Å². The molecule has 0 aromatic carbocycles. The van der Waals surface area contributed by atoms with Crippen LogP contribution in [0, 0.1) is 6.92 Å². The minimum absolute atomic E-state index is 0.771. The molecule has 0 amide bonds. The third kappa shape index (κ3) is 2.69. The average molecular weight is 221 g/mol. The second-order valence-corrected chi connectivity index (χ2v) is 4.93. The van der Waals surface area contributed by atoms with Crippen molar-refractivity contribution in [2.24, 2.45) is 7.05 Å². The predicted octanol–water partition coefficient (Wildman–Crippen LogP) is 4.58. The molecule has 0 aliphatic rings. The topological polar surface area (TPSA) is 4.93 Å². The van der Waals surface area contributed by atoms with Crippen LogP contribution in [0.2, 0.25) is 0 Å². The minimum Gasteiger partial charge on any atom is -0.354 e. The molecule has 0 spiro atoms. The molecule has 1 aromatic rings. The van der Waals surface area contributed by atoms with E-state index in [1.165, 1.54) is 37.7 Å². The number of aryl methyl sites for hydroxylation is 2. The van der Waals surface area contributed by atoms with E-state index in [2.05, 4.69) is 45.5 Å². The van der Waals surface area contributed by atoms with Crippen molar-refractivity contribution < 1.29 is 0 Å². The maximum Gasteiger partial charge on any atom is 0.0209 e. The first-order valence-corrected chi connectivity index (χ1v) is 6.80. The van der Waals surface area contributed by atoms with Crippen molar-refractivity contribution >= 4 is 0 Å². The van der Waals surface area contributed by atoms with Gasteiger partial charge in [-0.2, -0.15) is 0 Å². The van der Waals surface area contributed by atoms with E-state index >= 15 is 0 Å². The van der Waals surface area contributed by atoms with Crippen molar-refractivity contribution in [3.8, 4) is 0 Å². The number of nitrogens with zero attached hydrogens (tertiary/aromatic N) is 1. The van der Waals surface area contributed by atoms with Crippen molar-refractivity contribution in [1.29, 1.82) is 0 Å². The van der Waals surface area contributed by atoms with Gasteiger partial charge in [-0.3, -0.25) is 0 Å². The zero-order chi connectivity index (χ0) is 12.1. The highest BCUT2D eigenvalue weighted by molar-refractivity contribution is 5.34. The van der Waals surface area contributed by atoms with E-state index in [0.717, 1.165) is 5.92 Å². The number of hydrogen-bond donors (Lipinski definition) is 0. The largest absolute Gasteiger partial charge is 0.354 e. The summed E-state index contributed by atoms with van der Waals surface area (Å²) in [7, 11) is 2.19. The van der Waals surface area contributed by atoms with Crippen LogP contribution in [0.1, 0.15) is 69.2 Å². The molecule has 1 heterocycles. The van der Waals surface area contributed by atoms with Gasteiger partial charge in [0, 0.05) is 18.9 Å². The van der Waals surface area contributed by atoms with E-state index in [-0.39, 0.29) is 0 Å². The van der Waals surface area contributed by atoms with E-state index in [1.807, 2.05) is 0 Å². The maximum absolute atomic E-state index is 2.34. The zero-order valence-corrected chi connectivity index (χ0v) is 11.6. The Balaban J connectivity index is 3.07. The molecule has 1 atom stereocenters. The zero-order valence-electron chi connectivity index (χ0n) is 11.6. The first-order chi connectivity index (χ1) is 7.65. The summed E-state index contributed by atoms with van der Waals surface area (Å²) in [6.45, 7) is 9.16. The standard InChI is InChI=1S/C15H27N/c1-6-9-13(8-3)15-12(4)11-16(5)14(15)10-7-2/h11,13H,6-10H2,1-5H3. The highest BCUT2D eigenvalue weighted by atomic mass is 14.9. The average Bonchev–Trinajstić information content (AvgIpc) is 2.52. The van der Waals surface area contributed by atoms with Crippen LogP contribution in [-0.2, 0) is 13.5 Å². The molecule has 1 rings (SSSR count). The number of hydrogen-bond acceptors (Lipinski definition) is 0.